The van der Waals surface area contributed by atoms with Crippen LogP contribution in [0, 0.1) is 0 Å². The molecule has 21 heavy (non-hydrogen) atoms. The molecule has 118 valence electrons. The van der Waals surface area contributed by atoms with Gasteiger partial charge in [0.1, 0.15) is 11.4 Å². The highest BCUT2D eigenvalue weighted by molar-refractivity contribution is 5.31. The van der Waals surface area contributed by atoms with Gasteiger partial charge in [0.05, 0.1) is 13.7 Å². The smallest absolute Gasteiger partial charge is 0.118 e. The number of nitrogens with zero attached hydrogens (tertiary/aromatic N) is 1. The molecule has 0 aliphatic carbocycles. The Morgan fingerprint density at radius 1 is 1.33 bits per heavy atom. The molecule has 1 aliphatic rings. The minimum atomic E-state index is -0.852. The van der Waals surface area contributed by atoms with Crippen molar-refractivity contribution in [2.24, 2.45) is 0 Å². The zero-order valence-electron chi connectivity index (χ0n) is 13.3. The number of ether oxygens (including phenoxy) is 2. The van der Waals surface area contributed by atoms with E-state index in [9.17, 15) is 5.11 Å². The normalized spacial score (nSPS) is 22.2. The van der Waals surface area contributed by atoms with E-state index in [2.05, 4.69) is 4.90 Å². The third-order valence-corrected chi connectivity index (χ3v) is 4.41. The molecule has 0 aromatic heterocycles. The number of likely N-dealkylation sites (tertiary alicyclic amines) is 1. The molecule has 0 radical (unpaired) electrons. The maximum Gasteiger partial charge on any atom is 0.118 e. The molecule has 4 nitrogen and oxygen atoms in total. The fourth-order valence-electron chi connectivity index (χ4n) is 3.18. The topological polar surface area (TPSA) is 41.9 Å². The summed E-state index contributed by atoms with van der Waals surface area (Å²) in [4.78, 5) is 2.35. The average Bonchev–Trinajstić information content (AvgIpc) is 2.97. The maximum absolute atomic E-state index is 11.1. The van der Waals surface area contributed by atoms with Gasteiger partial charge in [0, 0.05) is 19.2 Å². The van der Waals surface area contributed by atoms with Gasteiger partial charge in [-0.1, -0.05) is 12.1 Å². The quantitative estimate of drug-likeness (QED) is 0.784. The van der Waals surface area contributed by atoms with Crippen LogP contribution in [0.25, 0.3) is 0 Å². The summed E-state index contributed by atoms with van der Waals surface area (Å²) in [7, 11) is 1.65. The number of methoxy groups -OCH3 is 1. The predicted octanol–water partition coefficient (Wildman–Crippen LogP) is 2.40. The van der Waals surface area contributed by atoms with Crippen molar-refractivity contribution in [2.45, 2.75) is 38.3 Å². The lowest BCUT2D eigenvalue weighted by molar-refractivity contribution is -0.0296. The van der Waals surface area contributed by atoms with Crippen LogP contribution in [0.2, 0.25) is 0 Å². The fourth-order valence-corrected chi connectivity index (χ4v) is 3.18. The summed E-state index contributed by atoms with van der Waals surface area (Å²) < 4.78 is 10.6. The van der Waals surface area contributed by atoms with Gasteiger partial charge in [0.25, 0.3) is 0 Å². The molecule has 1 fully saturated rings. The molecule has 1 aliphatic heterocycles. The lowest BCUT2D eigenvalue weighted by Gasteiger charge is -2.37. The van der Waals surface area contributed by atoms with Crippen LogP contribution in [0.1, 0.15) is 32.3 Å². The zero-order chi connectivity index (χ0) is 15.3. The Kier molecular flexibility index (Phi) is 5.62. The van der Waals surface area contributed by atoms with E-state index in [1.807, 2.05) is 38.1 Å². The van der Waals surface area contributed by atoms with Gasteiger partial charge in [-0.2, -0.15) is 0 Å². The largest absolute Gasteiger partial charge is 0.497 e. The second-order valence-corrected chi connectivity index (χ2v) is 5.77. The van der Waals surface area contributed by atoms with Crippen molar-refractivity contribution in [3.8, 4) is 5.75 Å². The number of benzene rings is 1. The zero-order valence-corrected chi connectivity index (χ0v) is 13.3. The van der Waals surface area contributed by atoms with Gasteiger partial charge < -0.3 is 14.6 Å². The molecule has 1 heterocycles. The van der Waals surface area contributed by atoms with Gasteiger partial charge in [-0.15, -0.1) is 0 Å². The van der Waals surface area contributed by atoms with Gasteiger partial charge in [-0.05, 0) is 50.9 Å². The Hall–Kier alpha value is -1.10. The van der Waals surface area contributed by atoms with Crippen molar-refractivity contribution in [3.63, 3.8) is 0 Å². The molecule has 1 N–H and O–H groups in total. The van der Waals surface area contributed by atoms with E-state index >= 15 is 0 Å². The molecule has 4 heteroatoms. The predicted molar refractivity (Wildman–Crippen MR) is 83.7 cm³/mol. The summed E-state index contributed by atoms with van der Waals surface area (Å²) in [6.07, 6.45) is 2.15. The first-order chi connectivity index (χ1) is 10.1. The highest BCUT2D eigenvalue weighted by atomic mass is 16.5. The summed E-state index contributed by atoms with van der Waals surface area (Å²) in [6.45, 7) is 7.31. The van der Waals surface area contributed by atoms with Crippen LogP contribution < -0.4 is 4.74 Å². The van der Waals surface area contributed by atoms with Crippen molar-refractivity contribution in [1.29, 1.82) is 0 Å². The Morgan fingerprint density at radius 3 is 2.67 bits per heavy atom. The van der Waals surface area contributed by atoms with Crippen LogP contribution in [0.15, 0.2) is 24.3 Å². The van der Waals surface area contributed by atoms with Crippen LogP contribution in [0.4, 0.5) is 0 Å². The first-order valence-electron chi connectivity index (χ1n) is 7.78. The maximum atomic E-state index is 11.1. The first-order valence-corrected chi connectivity index (χ1v) is 7.78. The Morgan fingerprint density at radius 2 is 2.05 bits per heavy atom. The van der Waals surface area contributed by atoms with Crippen molar-refractivity contribution >= 4 is 0 Å². The second-order valence-electron chi connectivity index (χ2n) is 5.77. The molecule has 0 amide bonds. The van der Waals surface area contributed by atoms with Gasteiger partial charge in [0.15, 0.2) is 0 Å². The van der Waals surface area contributed by atoms with E-state index in [1.165, 1.54) is 0 Å². The molecule has 2 rings (SSSR count). The molecule has 1 aromatic rings. The monoisotopic (exact) mass is 293 g/mol. The molecule has 0 spiro atoms. The Labute approximate surface area is 127 Å². The summed E-state index contributed by atoms with van der Waals surface area (Å²) in [5, 5.41) is 11.1. The molecule has 1 aromatic carbocycles. The molecule has 0 bridgehead atoms. The number of hydrogen-bond acceptors (Lipinski definition) is 4. The minimum absolute atomic E-state index is 0.145. The Balaban J connectivity index is 2.08. The van der Waals surface area contributed by atoms with Crippen LogP contribution in [-0.2, 0) is 10.3 Å². The standard InChI is InChI=1S/C17H27NO3/c1-4-21-13-12-18-11-5-6-16(18)17(2,19)14-7-9-15(20-3)10-8-14/h7-10,16,19H,4-6,11-13H2,1-3H3/t16-,17+/m0/s1. The third-order valence-electron chi connectivity index (χ3n) is 4.41. The SMILES string of the molecule is CCOCCN1CCC[C@H]1[C@](C)(O)c1ccc(OC)cc1. The summed E-state index contributed by atoms with van der Waals surface area (Å²) in [5.41, 5.74) is 0.0891. The molecular formula is C17H27NO3. The van der Waals surface area contributed by atoms with Gasteiger partial charge in [0.2, 0.25) is 0 Å². The molecule has 1 saturated heterocycles. The second kappa shape index (κ2) is 7.25. The number of aliphatic hydroxyl groups is 1. The number of hydrogen-bond donors (Lipinski definition) is 1. The van der Waals surface area contributed by atoms with E-state index in [0.717, 1.165) is 50.5 Å². The van der Waals surface area contributed by atoms with Gasteiger partial charge in [-0.3, -0.25) is 4.90 Å². The van der Waals surface area contributed by atoms with Crippen molar-refractivity contribution < 1.29 is 14.6 Å². The van der Waals surface area contributed by atoms with Crippen molar-refractivity contribution in [1.82, 2.24) is 4.90 Å². The van der Waals surface area contributed by atoms with Crippen LogP contribution in [0.5, 0.6) is 5.75 Å². The van der Waals surface area contributed by atoms with Crippen molar-refractivity contribution in [2.75, 3.05) is 33.4 Å². The van der Waals surface area contributed by atoms with Crippen molar-refractivity contribution in [3.05, 3.63) is 29.8 Å². The fraction of sp³-hybridized carbons (Fsp3) is 0.647. The number of rotatable bonds is 7. The highest BCUT2D eigenvalue weighted by Crippen LogP contribution is 2.35. The summed E-state index contributed by atoms with van der Waals surface area (Å²) >= 11 is 0. The first kappa shape index (κ1) is 16.3. The van der Waals surface area contributed by atoms with E-state index < -0.39 is 5.60 Å². The highest BCUT2D eigenvalue weighted by Gasteiger charge is 2.40. The van der Waals surface area contributed by atoms with E-state index in [4.69, 9.17) is 9.47 Å². The molecule has 0 saturated carbocycles. The van der Waals surface area contributed by atoms with Gasteiger partial charge in [-0.25, -0.2) is 0 Å². The summed E-state index contributed by atoms with van der Waals surface area (Å²) in [5.74, 6) is 0.814. The molecular weight excluding hydrogens is 266 g/mol. The summed E-state index contributed by atoms with van der Waals surface area (Å²) in [6, 6.07) is 7.87. The lowest BCUT2D eigenvalue weighted by Crippen LogP contribution is -2.46. The van der Waals surface area contributed by atoms with E-state index in [1.54, 1.807) is 7.11 Å². The average molecular weight is 293 g/mol. The van der Waals surface area contributed by atoms with E-state index in [-0.39, 0.29) is 6.04 Å². The van der Waals surface area contributed by atoms with Crippen LogP contribution in [-0.4, -0.2) is 49.5 Å². The van der Waals surface area contributed by atoms with E-state index in [0.29, 0.717) is 0 Å². The van der Waals surface area contributed by atoms with Crippen LogP contribution >= 0.6 is 0 Å². The van der Waals surface area contributed by atoms with Crippen LogP contribution in [0.3, 0.4) is 0 Å². The Bertz CT molecular complexity index is 430. The van der Waals surface area contributed by atoms with Gasteiger partial charge >= 0.3 is 0 Å². The molecule has 2 atom stereocenters. The molecule has 0 unspecified atom stereocenters. The lowest BCUT2D eigenvalue weighted by atomic mass is 9.86. The minimum Gasteiger partial charge on any atom is -0.497 e. The third kappa shape index (κ3) is 3.76.